The molecular formula is C7H14BNO3. The van der Waals surface area contributed by atoms with Crippen LogP contribution in [-0.4, -0.2) is 29.0 Å². The van der Waals surface area contributed by atoms with Gasteiger partial charge in [0.25, 0.3) is 0 Å². The van der Waals surface area contributed by atoms with Crippen molar-refractivity contribution in [3.63, 3.8) is 0 Å². The van der Waals surface area contributed by atoms with Gasteiger partial charge < -0.3 is 15.4 Å². The van der Waals surface area contributed by atoms with E-state index in [1.54, 1.807) is 0 Å². The molecule has 0 bridgehead atoms. The van der Waals surface area contributed by atoms with E-state index in [2.05, 4.69) is 5.32 Å². The quantitative estimate of drug-likeness (QED) is 0.515. The lowest BCUT2D eigenvalue weighted by Gasteiger charge is -2.22. The summed E-state index contributed by atoms with van der Waals surface area (Å²) < 4.78 is 0. The van der Waals surface area contributed by atoms with Crippen molar-refractivity contribution < 1.29 is 14.8 Å². The maximum Gasteiger partial charge on any atom is 0.551 e. The van der Waals surface area contributed by atoms with Gasteiger partial charge in [-0.3, -0.25) is 4.79 Å². The molecule has 0 unspecified atom stereocenters. The zero-order chi connectivity index (χ0) is 8.97. The van der Waals surface area contributed by atoms with Gasteiger partial charge in [0, 0.05) is 6.04 Å². The van der Waals surface area contributed by atoms with Crippen LogP contribution in [-0.2, 0) is 0 Å². The molecule has 0 heterocycles. The Labute approximate surface area is 72.1 Å². The Kier molecular flexibility index (Phi) is 3.56. The standard InChI is InChI=1S/C7H14BNO3/c10-7(8(11)12)9-6-4-2-1-3-5-6/h6,11-12H,1-5H2,(H,9,10). The van der Waals surface area contributed by atoms with Gasteiger partial charge in [0.15, 0.2) is 0 Å². The van der Waals surface area contributed by atoms with Crippen LogP contribution in [0.4, 0.5) is 4.79 Å². The summed E-state index contributed by atoms with van der Waals surface area (Å²) in [6, 6.07) is 0.146. The Morgan fingerprint density at radius 3 is 2.33 bits per heavy atom. The van der Waals surface area contributed by atoms with E-state index >= 15 is 0 Å². The summed E-state index contributed by atoms with van der Waals surface area (Å²) in [6.45, 7) is 0. The highest BCUT2D eigenvalue weighted by molar-refractivity contribution is 6.78. The Morgan fingerprint density at radius 2 is 1.83 bits per heavy atom. The molecule has 4 nitrogen and oxygen atoms in total. The van der Waals surface area contributed by atoms with E-state index in [1.165, 1.54) is 6.42 Å². The number of hydrogen-bond donors (Lipinski definition) is 3. The van der Waals surface area contributed by atoms with E-state index in [9.17, 15) is 4.79 Å². The van der Waals surface area contributed by atoms with E-state index in [0.717, 1.165) is 25.7 Å². The summed E-state index contributed by atoms with van der Waals surface area (Å²) >= 11 is 0. The van der Waals surface area contributed by atoms with Crippen molar-refractivity contribution in [3.05, 3.63) is 0 Å². The third-order valence-corrected chi connectivity index (χ3v) is 2.19. The smallest absolute Gasteiger partial charge is 0.420 e. The lowest BCUT2D eigenvalue weighted by molar-refractivity contribution is 0.241. The van der Waals surface area contributed by atoms with Crippen LogP contribution in [0, 0.1) is 0 Å². The molecule has 1 aliphatic carbocycles. The molecule has 12 heavy (non-hydrogen) atoms. The van der Waals surface area contributed by atoms with E-state index in [-0.39, 0.29) is 6.04 Å². The number of rotatable bonds is 2. The van der Waals surface area contributed by atoms with Gasteiger partial charge in [-0.05, 0) is 12.8 Å². The topological polar surface area (TPSA) is 69.6 Å². The van der Waals surface area contributed by atoms with Crippen molar-refractivity contribution in [2.75, 3.05) is 0 Å². The summed E-state index contributed by atoms with van der Waals surface area (Å²) in [5.41, 5.74) is 0. The molecule has 0 spiro atoms. The van der Waals surface area contributed by atoms with Crippen LogP contribution in [0.15, 0.2) is 0 Å². The Bertz CT molecular complexity index is 157. The molecule has 68 valence electrons. The SMILES string of the molecule is O=C(NC1CCCCC1)B(O)O. The summed E-state index contributed by atoms with van der Waals surface area (Å²) in [4.78, 5) is 10.8. The molecule has 0 aromatic carbocycles. The second kappa shape index (κ2) is 4.47. The highest BCUT2D eigenvalue weighted by Crippen LogP contribution is 2.17. The fourth-order valence-corrected chi connectivity index (χ4v) is 1.52. The van der Waals surface area contributed by atoms with Gasteiger partial charge in [0.05, 0.1) is 0 Å². The molecule has 0 aromatic heterocycles. The Morgan fingerprint density at radius 1 is 1.25 bits per heavy atom. The van der Waals surface area contributed by atoms with E-state index in [1.807, 2.05) is 0 Å². The highest BCUT2D eigenvalue weighted by Gasteiger charge is 2.23. The second-order valence-corrected chi connectivity index (χ2v) is 3.22. The van der Waals surface area contributed by atoms with Gasteiger partial charge in [0.1, 0.15) is 0 Å². The van der Waals surface area contributed by atoms with Crippen molar-refractivity contribution in [1.82, 2.24) is 5.32 Å². The van der Waals surface area contributed by atoms with Crippen molar-refractivity contribution in [1.29, 1.82) is 0 Å². The van der Waals surface area contributed by atoms with E-state index in [0.29, 0.717) is 0 Å². The zero-order valence-corrected chi connectivity index (χ0v) is 6.99. The van der Waals surface area contributed by atoms with Gasteiger partial charge >= 0.3 is 7.12 Å². The second-order valence-electron chi connectivity index (χ2n) is 3.22. The molecule has 3 N–H and O–H groups in total. The predicted octanol–water partition coefficient (Wildman–Crippen LogP) is 0.0832. The van der Waals surface area contributed by atoms with Crippen LogP contribution >= 0.6 is 0 Å². The molecule has 5 heteroatoms. The average Bonchev–Trinajstić information content (AvgIpc) is 2.06. The molecule has 0 aliphatic heterocycles. The first-order valence-electron chi connectivity index (χ1n) is 4.36. The summed E-state index contributed by atoms with van der Waals surface area (Å²) in [7, 11) is -1.87. The molecule has 0 radical (unpaired) electrons. The molecule has 1 saturated carbocycles. The number of hydrogen-bond acceptors (Lipinski definition) is 3. The molecule has 1 amide bonds. The first kappa shape index (κ1) is 9.54. The van der Waals surface area contributed by atoms with Gasteiger partial charge in [-0.1, -0.05) is 19.3 Å². The maximum atomic E-state index is 10.8. The fraction of sp³-hybridized carbons (Fsp3) is 0.857. The van der Waals surface area contributed by atoms with E-state index < -0.39 is 12.9 Å². The van der Waals surface area contributed by atoms with Gasteiger partial charge in [-0.15, -0.1) is 0 Å². The monoisotopic (exact) mass is 171 g/mol. The van der Waals surface area contributed by atoms with Gasteiger partial charge in [-0.25, -0.2) is 0 Å². The van der Waals surface area contributed by atoms with Gasteiger partial charge in [0.2, 0.25) is 5.81 Å². The third kappa shape index (κ3) is 2.83. The van der Waals surface area contributed by atoms with Crippen molar-refractivity contribution in [2.45, 2.75) is 38.1 Å². The van der Waals surface area contributed by atoms with Crippen LogP contribution in [0.3, 0.4) is 0 Å². The lowest BCUT2D eigenvalue weighted by atomic mass is 9.88. The molecule has 1 fully saturated rings. The minimum atomic E-state index is -1.87. The predicted molar refractivity (Wildman–Crippen MR) is 45.6 cm³/mol. The van der Waals surface area contributed by atoms with Crippen molar-refractivity contribution >= 4 is 12.9 Å². The molecule has 0 atom stereocenters. The Balaban J connectivity index is 2.24. The number of carbonyl (C=O) groups excluding carboxylic acids is 1. The number of nitrogens with one attached hydrogen (secondary N) is 1. The van der Waals surface area contributed by atoms with Crippen molar-refractivity contribution in [2.24, 2.45) is 0 Å². The van der Waals surface area contributed by atoms with Crippen LogP contribution in [0.5, 0.6) is 0 Å². The van der Waals surface area contributed by atoms with Crippen LogP contribution < -0.4 is 5.32 Å². The molecular weight excluding hydrogens is 157 g/mol. The Hall–Kier alpha value is -0.545. The molecule has 1 aliphatic rings. The summed E-state index contributed by atoms with van der Waals surface area (Å²) in [5, 5.41) is 19.6. The number of amides is 1. The molecule has 0 aromatic rings. The summed E-state index contributed by atoms with van der Waals surface area (Å²) in [5.74, 6) is -0.679. The van der Waals surface area contributed by atoms with E-state index in [4.69, 9.17) is 10.0 Å². The minimum Gasteiger partial charge on any atom is -0.420 e. The molecule has 0 saturated heterocycles. The highest BCUT2D eigenvalue weighted by atomic mass is 16.4. The lowest BCUT2D eigenvalue weighted by Crippen LogP contribution is -2.43. The first-order valence-corrected chi connectivity index (χ1v) is 4.36. The summed E-state index contributed by atoms with van der Waals surface area (Å²) in [6.07, 6.45) is 5.36. The fourth-order valence-electron chi connectivity index (χ4n) is 1.52. The van der Waals surface area contributed by atoms with Crippen LogP contribution in [0.2, 0.25) is 0 Å². The maximum absolute atomic E-state index is 10.8. The van der Waals surface area contributed by atoms with Crippen LogP contribution in [0.25, 0.3) is 0 Å². The van der Waals surface area contributed by atoms with Crippen molar-refractivity contribution in [3.8, 4) is 0 Å². The largest absolute Gasteiger partial charge is 0.551 e. The van der Waals surface area contributed by atoms with Crippen LogP contribution in [0.1, 0.15) is 32.1 Å². The molecule has 1 rings (SSSR count). The average molecular weight is 171 g/mol. The first-order chi connectivity index (χ1) is 5.70. The zero-order valence-electron chi connectivity index (χ0n) is 6.99. The normalized spacial score (nSPS) is 18.8. The van der Waals surface area contributed by atoms with Gasteiger partial charge in [-0.2, -0.15) is 0 Å². The third-order valence-electron chi connectivity index (χ3n) is 2.19. The number of carbonyl (C=O) groups is 1. The minimum absolute atomic E-state index is 0.146.